The van der Waals surface area contributed by atoms with Gasteiger partial charge in [0.1, 0.15) is 0 Å². The van der Waals surface area contributed by atoms with E-state index in [1.54, 1.807) is 10.9 Å². The number of rotatable bonds is 4. The Hall–Kier alpha value is -3.06. The highest BCUT2D eigenvalue weighted by Crippen LogP contribution is 2.27. The summed E-state index contributed by atoms with van der Waals surface area (Å²) in [5, 5.41) is 17.7. The number of benzene rings is 1. The second kappa shape index (κ2) is 6.92. The van der Waals surface area contributed by atoms with Crippen LogP contribution in [0.4, 0.5) is 0 Å². The standard InChI is InChI=1S/C20H21N7/c1-2-5-16(6-3-1)15-25-13-9-17(10-14-25)20-23-22-18-7-8-19(24-27(18)20)26-12-4-11-21-26/h1-8,11-12,17H,9-10,13-15H2. The lowest BCUT2D eigenvalue weighted by Crippen LogP contribution is -2.33. The van der Waals surface area contributed by atoms with E-state index >= 15 is 0 Å². The summed E-state index contributed by atoms with van der Waals surface area (Å²) in [6.45, 7) is 3.14. The van der Waals surface area contributed by atoms with Gasteiger partial charge in [-0.2, -0.15) is 9.61 Å². The van der Waals surface area contributed by atoms with Gasteiger partial charge in [-0.25, -0.2) is 4.68 Å². The molecule has 1 aliphatic heterocycles. The number of fused-ring (bicyclic) bond motifs is 1. The van der Waals surface area contributed by atoms with E-state index in [0.717, 1.165) is 49.8 Å². The lowest BCUT2D eigenvalue weighted by atomic mass is 9.96. The van der Waals surface area contributed by atoms with Crippen molar-refractivity contribution in [3.63, 3.8) is 0 Å². The minimum atomic E-state index is 0.382. The van der Waals surface area contributed by atoms with Crippen LogP contribution >= 0.6 is 0 Å². The van der Waals surface area contributed by atoms with Gasteiger partial charge in [0.2, 0.25) is 0 Å². The van der Waals surface area contributed by atoms with Crippen molar-refractivity contribution >= 4 is 5.65 Å². The van der Waals surface area contributed by atoms with Crippen molar-refractivity contribution in [2.45, 2.75) is 25.3 Å². The molecule has 1 aliphatic rings. The van der Waals surface area contributed by atoms with Crippen LogP contribution in [-0.2, 0) is 6.54 Å². The number of nitrogens with zero attached hydrogens (tertiary/aromatic N) is 7. The molecule has 0 saturated carbocycles. The Morgan fingerprint density at radius 1 is 0.926 bits per heavy atom. The normalized spacial score (nSPS) is 16.1. The van der Waals surface area contributed by atoms with E-state index in [0.29, 0.717) is 5.92 Å². The molecule has 4 heterocycles. The van der Waals surface area contributed by atoms with Crippen LogP contribution in [0.3, 0.4) is 0 Å². The fourth-order valence-electron chi connectivity index (χ4n) is 3.77. The van der Waals surface area contributed by atoms with Crippen molar-refractivity contribution in [1.82, 2.24) is 34.5 Å². The predicted octanol–water partition coefficient (Wildman–Crippen LogP) is 2.69. The van der Waals surface area contributed by atoms with E-state index in [1.807, 2.05) is 28.9 Å². The zero-order valence-electron chi connectivity index (χ0n) is 15.0. The van der Waals surface area contributed by atoms with Gasteiger partial charge in [0.05, 0.1) is 0 Å². The maximum absolute atomic E-state index is 4.72. The highest BCUT2D eigenvalue weighted by atomic mass is 15.4. The van der Waals surface area contributed by atoms with E-state index < -0.39 is 0 Å². The molecule has 0 spiro atoms. The van der Waals surface area contributed by atoms with Crippen molar-refractivity contribution in [2.24, 2.45) is 0 Å². The lowest BCUT2D eigenvalue weighted by molar-refractivity contribution is 0.201. The van der Waals surface area contributed by atoms with Crippen LogP contribution in [-0.4, -0.2) is 47.6 Å². The molecule has 0 amide bonds. The molecule has 3 aromatic heterocycles. The number of aromatic nitrogens is 6. The Morgan fingerprint density at radius 2 is 1.78 bits per heavy atom. The number of piperidine rings is 1. The molecule has 1 fully saturated rings. The second-order valence-corrected chi connectivity index (χ2v) is 7.01. The van der Waals surface area contributed by atoms with Crippen LogP contribution in [0.1, 0.15) is 30.1 Å². The predicted molar refractivity (Wildman–Crippen MR) is 102 cm³/mol. The average Bonchev–Trinajstić information content (AvgIpc) is 3.39. The summed E-state index contributed by atoms with van der Waals surface area (Å²) in [4.78, 5) is 2.51. The van der Waals surface area contributed by atoms with Gasteiger partial charge in [0, 0.05) is 24.9 Å². The number of hydrogen-bond donors (Lipinski definition) is 0. The molecule has 1 saturated heterocycles. The number of likely N-dealkylation sites (tertiary alicyclic amines) is 1. The van der Waals surface area contributed by atoms with Gasteiger partial charge in [-0.3, -0.25) is 4.90 Å². The van der Waals surface area contributed by atoms with Crippen LogP contribution < -0.4 is 0 Å². The minimum Gasteiger partial charge on any atom is -0.299 e. The van der Waals surface area contributed by atoms with Gasteiger partial charge in [-0.05, 0) is 49.7 Å². The van der Waals surface area contributed by atoms with E-state index in [9.17, 15) is 0 Å². The minimum absolute atomic E-state index is 0.382. The molecule has 0 atom stereocenters. The molecule has 0 unspecified atom stereocenters. The van der Waals surface area contributed by atoms with E-state index in [2.05, 4.69) is 50.5 Å². The third-order valence-corrected chi connectivity index (χ3v) is 5.21. The molecule has 4 aromatic rings. The lowest BCUT2D eigenvalue weighted by Gasteiger charge is -2.31. The summed E-state index contributed by atoms with van der Waals surface area (Å²) < 4.78 is 3.64. The summed E-state index contributed by atoms with van der Waals surface area (Å²) in [5.41, 5.74) is 2.15. The van der Waals surface area contributed by atoms with Crippen LogP contribution in [0, 0.1) is 0 Å². The molecule has 7 heteroatoms. The van der Waals surface area contributed by atoms with E-state index in [-0.39, 0.29) is 0 Å². The topological polar surface area (TPSA) is 64.1 Å². The maximum atomic E-state index is 4.72. The molecule has 0 N–H and O–H groups in total. The van der Waals surface area contributed by atoms with Crippen molar-refractivity contribution in [1.29, 1.82) is 0 Å². The SMILES string of the molecule is c1ccc(CN2CCC(c3nnc4ccc(-n5cccn5)nn34)CC2)cc1. The molecular formula is C20H21N7. The first kappa shape index (κ1) is 16.1. The van der Waals surface area contributed by atoms with Crippen LogP contribution in [0.2, 0.25) is 0 Å². The fraction of sp³-hybridized carbons (Fsp3) is 0.300. The van der Waals surface area contributed by atoms with Crippen molar-refractivity contribution < 1.29 is 0 Å². The van der Waals surface area contributed by atoms with Crippen LogP contribution in [0.5, 0.6) is 0 Å². The smallest absolute Gasteiger partial charge is 0.178 e. The Balaban J connectivity index is 1.33. The first-order valence-electron chi connectivity index (χ1n) is 9.35. The fourth-order valence-corrected chi connectivity index (χ4v) is 3.77. The Bertz CT molecular complexity index is 1020. The molecule has 5 rings (SSSR count). The van der Waals surface area contributed by atoms with Gasteiger partial charge in [0.15, 0.2) is 17.3 Å². The summed E-state index contributed by atoms with van der Waals surface area (Å²) in [6, 6.07) is 16.4. The van der Waals surface area contributed by atoms with Crippen LogP contribution in [0.15, 0.2) is 60.9 Å². The van der Waals surface area contributed by atoms with Gasteiger partial charge in [0.25, 0.3) is 0 Å². The highest BCUT2D eigenvalue weighted by Gasteiger charge is 2.25. The van der Waals surface area contributed by atoms with Gasteiger partial charge < -0.3 is 0 Å². The van der Waals surface area contributed by atoms with Crippen LogP contribution in [0.25, 0.3) is 11.5 Å². The molecule has 0 aliphatic carbocycles. The third-order valence-electron chi connectivity index (χ3n) is 5.21. The molecular weight excluding hydrogens is 338 g/mol. The highest BCUT2D eigenvalue weighted by molar-refractivity contribution is 5.39. The molecule has 136 valence electrons. The molecule has 27 heavy (non-hydrogen) atoms. The second-order valence-electron chi connectivity index (χ2n) is 7.01. The first-order valence-corrected chi connectivity index (χ1v) is 9.35. The summed E-state index contributed by atoms with van der Waals surface area (Å²) >= 11 is 0. The summed E-state index contributed by atoms with van der Waals surface area (Å²) in [6.07, 6.45) is 5.78. The Kier molecular flexibility index (Phi) is 4.14. The Labute approximate surface area is 157 Å². The van der Waals surface area contributed by atoms with Crippen molar-refractivity contribution in [3.8, 4) is 5.82 Å². The number of hydrogen-bond acceptors (Lipinski definition) is 5. The van der Waals surface area contributed by atoms with Gasteiger partial charge in [-0.1, -0.05) is 30.3 Å². The molecule has 1 aromatic carbocycles. The van der Waals surface area contributed by atoms with Gasteiger partial charge >= 0.3 is 0 Å². The van der Waals surface area contributed by atoms with E-state index in [4.69, 9.17) is 5.10 Å². The average molecular weight is 359 g/mol. The summed E-state index contributed by atoms with van der Waals surface area (Å²) in [7, 11) is 0. The molecule has 0 bridgehead atoms. The first-order chi connectivity index (χ1) is 13.4. The van der Waals surface area contributed by atoms with Gasteiger partial charge in [-0.15, -0.1) is 15.3 Å². The monoisotopic (exact) mass is 359 g/mol. The third kappa shape index (κ3) is 3.21. The maximum Gasteiger partial charge on any atom is 0.178 e. The Morgan fingerprint density at radius 3 is 2.56 bits per heavy atom. The summed E-state index contributed by atoms with van der Waals surface area (Å²) in [5.74, 6) is 2.11. The largest absolute Gasteiger partial charge is 0.299 e. The van der Waals surface area contributed by atoms with Crippen molar-refractivity contribution in [3.05, 3.63) is 72.3 Å². The van der Waals surface area contributed by atoms with Crippen molar-refractivity contribution in [2.75, 3.05) is 13.1 Å². The molecule has 0 radical (unpaired) electrons. The molecule has 7 nitrogen and oxygen atoms in total. The zero-order valence-corrected chi connectivity index (χ0v) is 15.0. The quantitative estimate of drug-likeness (QED) is 0.561. The van der Waals surface area contributed by atoms with E-state index in [1.165, 1.54) is 5.56 Å². The zero-order chi connectivity index (χ0) is 18.1.